The summed E-state index contributed by atoms with van der Waals surface area (Å²) >= 11 is 0. The predicted molar refractivity (Wildman–Crippen MR) is 72.2 cm³/mol. The number of carboxylic acids is 1. The summed E-state index contributed by atoms with van der Waals surface area (Å²) in [5, 5.41) is 20.4. The molecule has 0 bridgehead atoms. The zero-order valence-electron chi connectivity index (χ0n) is 11.0. The minimum Gasteiger partial charge on any atom is -0.481 e. The number of benzene rings is 1. The SMILES string of the molecule is Cc1cc(C)c2[nH]c3c(c2c1)C(O)CC(C(=O)O)C3. The Hall–Kier alpha value is -1.81. The number of aromatic amines is 1. The Balaban J connectivity index is 2.21. The van der Waals surface area contributed by atoms with E-state index in [1.165, 1.54) is 0 Å². The van der Waals surface area contributed by atoms with Gasteiger partial charge in [-0.25, -0.2) is 0 Å². The van der Waals surface area contributed by atoms with Crippen LogP contribution in [0.25, 0.3) is 10.9 Å². The molecule has 0 saturated heterocycles. The first-order valence-corrected chi connectivity index (χ1v) is 6.50. The van der Waals surface area contributed by atoms with Gasteiger partial charge in [0.1, 0.15) is 0 Å². The third kappa shape index (κ3) is 1.83. The molecule has 1 heterocycles. The lowest BCUT2D eigenvalue weighted by atomic mass is 9.84. The molecule has 4 heteroatoms. The van der Waals surface area contributed by atoms with Gasteiger partial charge in [0.2, 0.25) is 0 Å². The van der Waals surface area contributed by atoms with E-state index in [0.29, 0.717) is 12.8 Å². The fraction of sp³-hybridized carbons (Fsp3) is 0.400. The molecule has 100 valence electrons. The Morgan fingerprint density at radius 1 is 1.37 bits per heavy atom. The summed E-state index contributed by atoms with van der Waals surface area (Å²) in [6.07, 6.45) is 0.0665. The molecule has 2 unspecified atom stereocenters. The molecule has 0 radical (unpaired) electrons. The monoisotopic (exact) mass is 259 g/mol. The van der Waals surface area contributed by atoms with Crippen LogP contribution in [-0.4, -0.2) is 21.2 Å². The van der Waals surface area contributed by atoms with E-state index in [0.717, 1.165) is 33.3 Å². The number of aliphatic hydroxyl groups is 1. The average Bonchev–Trinajstić information content (AvgIpc) is 2.68. The molecule has 19 heavy (non-hydrogen) atoms. The van der Waals surface area contributed by atoms with E-state index in [1.54, 1.807) is 0 Å². The highest BCUT2D eigenvalue weighted by molar-refractivity contribution is 5.89. The maximum Gasteiger partial charge on any atom is 0.306 e. The van der Waals surface area contributed by atoms with Crippen molar-refractivity contribution in [2.24, 2.45) is 5.92 Å². The summed E-state index contributed by atoms with van der Waals surface area (Å²) < 4.78 is 0. The minimum atomic E-state index is -0.837. The predicted octanol–water partition coefficient (Wildman–Crippen LogP) is 2.47. The molecule has 1 aliphatic rings. The van der Waals surface area contributed by atoms with Crippen molar-refractivity contribution in [2.75, 3.05) is 0 Å². The number of carbonyl (C=O) groups is 1. The molecule has 1 aliphatic carbocycles. The summed E-state index contributed by atoms with van der Waals surface area (Å²) in [5.74, 6) is -1.34. The molecule has 3 N–H and O–H groups in total. The second-order valence-electron chi connectivity index (χ2n) is 5.51. The molecule has 0 fully saturated rings. The van der Waals surface area contributed by atoms with Gasteiger partial charge in [0.15, 0.2) is 0 Å². The number of rotatable bonds is 1. The van der Waals surface area contributed by atoms with Crippen LogP contribution in [0.15, 0.2) is 12.1 Å². The molecule has 2 aromatic rings. The highest BCUT2D eigenvalue weighted by Crippen LogP contribution is 2.39. The van der Waals surface area contributed by atoms with Crippen LogP contribution in [0.1, 0.15) is 34.9 Å². The molecule has 0 aliphatic heterocycles. The van der Waals surface area contributed by atoms with Gasteiger partial charge in [0, 0.05) is 28.6 Å². The second-order valence-corrected chi connectivity index (χ2v) is 5.51. The maximum atomic E-state index is 11.1. The van der Waals surface area contributed by atoms with Crippen LogP contribution in [-0.2, 0) is 11.2 Å². The van der Waals surface area contributed by atoms with Crippen molar-refractivity contribution in [2.45, 2.75) is 32.8 Å². The van der Waals surface area contributed by atoms with E-state index >= 15 is 0 Å². The molecule has 0 amide bonds. The maximum absolute atomic E-state index is 11.1. The zero-order chi connectivity index (χ0) is 13.7. The van der Waals surface area contributed by atoms with Crippen molar-refractivity contribution in [3.63, 3.8) is 0 Å². The summed E-state index contributed by atoms with van der Waals surface area (Å²) in [7, 11) is 0. The van der Waals surface area contributed by atoms with Crippen LogP contribution in [0.5, 0.6) is 0 Å². The van der Waals surface area contributed by atoms with Gasteiger partial charge in [-0.3, -0.25) is 4.79 Å². The normalized spacial score (nSPS) is 22.5. The van der Waals surface area contributed by atoms with Crippen molar-refractivity contribution < 1.29 is 15.0 Å². The van der Waals surface area contributed by atoms with E-state index in [-0.39, 0.29) is 0 Å². The first kappa shape index (κ1) is 12.2. The molecule has 3 rings (SSSR count). The fourth-order valence-corrected chi connectivity index (χ4v) is 3.17. The number of aliphatic hydroxyl groups excluding tert-OH is 1. The number of hydrogen-bond donors (Lipinski definition) is 3. The van der Waals surface area contributed by atoms with Gasteiger partial charge < -0.3 is 15.2 Å². The standard InChI is InChI=1S/C15H17NO3/c1-7-3-8(2)14-10(4-7)13-11(16-14)5-9(15(18)19)6-12(13)17/h3-4,9,12,16-17H,5-6H2,1-2H3,(H,18,19). The quantitative estimate of drug-likeness (QED) is 0.736. The van der Waals surface area contributed by atoms with Gasteiger partial charge in [-0.1, -0.05) is 11.6 Å². The lowest BCUT2D eigenvalue weighted by Crippen LogP contribution is -2.24. The van der Waals surface area contributed by atoms with Gasteiger partial charge in [-0.2, -0.15) is 0 Å². The molecule has 4 nitrogen and oxygen atoms in total. The topological polar surface area (TPSA) is 73.3 Å². The molecular formula is C15H17NO3. The first-order chi connectivity index (χ1) is 8.97. The van der Waals surface area contributed by atoms with Gasteiger partial charge in [-0.05, 0) is 31.9 Å². The van der Waals surface area contributed by atoms with Gasteiger partial charge in [0.05, 0.1) is 12.0 Å². The largest absolute Gasteiger partial charge is 0.481 e. The van der Waals surface area contributed by atoms with Gasteiger partial charge in [0.25, 0.3) is 0 Å². The number of aromatic nitrogens is 1. The highest BCUT2D eigenvalue weighted by Gasteiger charge is 2.32. The number of hydrogen-bond acceptors (Lipinski definition) is 2. The Morgan fingerprint density at radius 3 is 2.79 bits per heavy atom. The third-order valence-corrected chi connectivity index (χ3v) is 4.01. The molecule has 1 aromatic heterocycles. The molecule has 2 atom stereocenters. The van der Waals surface area contributed by atoms with Crippen LogP contribution < -0.4 is 0 Å². The van der Waals surface area contributed by atoms with Crippen molar-refractivity contribution in [3.05, 3.63) is 34.5 Å². The van der Waals surface area contributed by atoms with E-state index in [9.17, 15) is 9.90 Å². The minimum absolute atomic E-state index is 0.294. The van der Waals surface area contributed by atoms with Crippen molar-refractivity contribution in [1.29, 1.82) is 0 Å². The van der Waals surface area contributed by atoms with E-state index in [1.807, 2.05) is 13.8 Å². The number of fused-ring (bicyclic) bond motifs is 3. The smallest absolute Gasteiger partial charge is 0.306 e. The molecule has 0 saturated carbocycles. The summed E-state index contributed by atoms with van der Waals surface area (Å²) in [6.45, 7) is 4.05. The van der Waals surface area contributed by atoms with E-state index < -0.39 is 18.0 Å². The van der Waals surface area contributed by atoms with Gasteiger partial charge >= 0.3 is 5.97 Å². The van der Waals surface area contributed by atoms with Crippen LogP contribution >= 0.6 is 0 Å². The van der Waals surface area contributed by atoms with Crippen molar-refractivity contribution in [3.8, 4) is 0 Å². The van der Waals surface area contributed by atoms with Gasteiger partial charge in [-0.15, -0.1) is 0 Å². The number of nitrogens with one attached hydrogen (secondary N) is 1. The number of aryl methyl sites for hydroxylation is 2. The molecule has 0 spiro atoms. The summed E-state index contributed by atoms with van der Waals surface area (Å²) in [6, 6.07) is 4.15. The van der Waals surface area contributed by atoms with Crippen LogP contribution in [0.3, 0.4) is 0 Å². The third-order valence-electron chi connectivity index (χ3n) is 4.01. The van der Waals surface area contributed by atoms with Crippen molar-refractivity contribution >= 4 is 16.9 Å². The summed E-state index contributed by atoms with van der Waals surface area (Å²) in [5.41, 5.74) is 5.05. The Bertz CT molecular complexity index is 672. The van der Waals surface area contributed by atoms with E-state index in [2.05, 4.69) is 17.1 Å². The number of H-pyrrole nitrogens is 1. The number of aliphatic carboxylic acids is 1. The first-order valence-electron chi connectivity index (χ1n) is 6.50. The average molecular weight is 259 g/mol. The lowest BCUT2D eigenvalue weighted by molar-refractivity contribution is -0.143. The zero-order valence-corrected chi connectivity index (χ0v) is 11.0. The van der Waals surface area contributed by atoms with Crippen LogP contribution in [0.2, 0.25) is 0 Å². The second kappa shape index (κ2) is 4.10. The van der Waals surface area contributed by atoms with E-state index in [4.69, 9.17) is 5.11 Å². The Kier molecular flexibility index (Phi) is 2.64. The van der Waals surface area contributed by atoms with Crippen molar-refractivity contribution in [1.82, 2.24) is 4.98 Å². The Morgan fingerprint density at radius 2 is 2.11 bits per heavy atom. The van der Waals surface area contributed by atoms with Crippen LogP contribution in [0.4, 0.5) is 0 Å². The fourth-order valence-electron chi connectivity index (χ4n) is 3.17. The molecular weight excluding hydrogens is 242 g/mol. The summed E-state index contributed by atoms with van der Waals surface area (Å²) in [4.78, 5) is 14.4. The lowest BCUT2D eigenvalue weighted by Gasteiger charge is -2.23. The van der Waals surface area contributed by atoms with Crippen LogP contribution in [0, 0.1) is 19.8 Å². The molecule has 1 aromatic carbocycles. The Labute approximate surface area is 111 Å². The highest BCUT2D eigenvalue weighted by atomic mass is 16.4. The number of carboxylic acid groups (broad SMARTS) is 1.